The number of aliphatic carboxylic acids is 1. The summed E-state index contributed by atoms with van der Waals surface area (Å²) in [6.07, 6.45) is 0.758. The smallest absolute Gasteiger partial charge is 0.311 e. The Balaban J connectivity index is 2.10. The normalized spacial score (nSPS) is 16.4. The second-order valence-electron chi connectivity index (χ2n) is 5.48. The molecule has 1 heterocycles. The maximum Gasteiger partial charge on any atom is 0.311 e. The van der Waals surface area contributed by atoms with Gasteiger partial charge in [0.05, 0.1) is 19.6 Å². The molecule has 0 aliphatic carbocycles. The van der Waals surface area contributed by atoms with Crippen LogP contribution in [0.25, 0.3) is 0 Å². The molecule has 0 aromatic heterocycles. The highest BCUT2D eigenvalue weighted by Gasteiger charge is 2.40. The van der Waals surface area contributed by atoms with Crippen LogP contribution in [0.2, 0.25) is 0 Å². The molecule has 0 bridgehead atoms. The molecule has 23 heavy (non-hydrogen) atoms. The van der Waals surface area contributed by atoms with E-state index < -0.39 is 11.4 Å². The number of carboxylic acid groups (broad SMARTS) is 1. The van der Waals surface area contributed by atoms with E-state index in [9.17, 15) is 14.7 Å². The van der Waals surface area contributed by atoms with Crippen LogP contribution in [0.5, 0.6) is 11.5 Å². The van der Waals surface area contributed by atoms with Crippen LogP contribution in [-0.4, -0.2) is 51.0 Å². The first-order chi connectivity index (χ1) is 11.0. The van der Waals surface area contributed by atoms with Crippen molar-refractivity contribution in [3.05, 3.63) is 23.8 Å². The van der Waals surface area contributed by atoms with Gasteiger partial charge in [-0.2, -0.15) is 0 Å². The molecule has 1 aliphatic heterocycles. The minimum absolute atomic E-state index is 0.0596. The van der Waals surface area contributed by atoms with Crippen molar-refractivity contribution in [3.63, 3.8) is 0 Å². The van der Waals surface area contributed by atoms with Crippen molar-refractivity contribution in [2.75, 3.05) is 34.0 Å². The molecule has 2 N–H and O–H groups in total. The third-order valence-electron chi connectivity index (χ3n) is 4.10. The van der Waals surface area contributed by atoms with Crippen LogP contribution in [0, 0.1) is 5.41 Å². The number of ether oxygens (including phenoxy) is 3. The number of hydrogen-bond donors (Lipinski definition) is 2. The van der Waals surface area contributed by atoms with Crippen molar-refractivity contribution < 1.29 is 28.9 Å². The van der Waals surface area contributed by atoms with Gasteiger partial charge in [0.1, 0.15) is 11.5 Å². The maximum absolute atomic E-state index is 12.3. The van der Waals surface area contributed by atoms with Crippen LogP contribution in [-0.2, 0) is 9.53 Å². The summed E-state index contributed by atoms with van der Waals surface area (Å²) < 4.78 is 15.5. The predicted octanol–water partition coefficient (Wildman–Crippen LogP) is 1.31. The summed E-state index contributed by atoms with van der Waals surface area (Å²) >= 11 is 0. The van der Waals surface area contributed by atoms with Crippen molar-refractivity contribution in [2.24, 2.45) is 5.41 Å². The van der Waals surface area contributed by atoms with Gasteiger partial charge < -0.3 is 24.6 Å². The van der Waals surface area contributed by atoms with Crippen LogP contribution < -0.4 is 14.8 Å². The molecule has 1 aromatic rings. The Hall–Kier alpha value is -2.28. The average molecular weight is 323 g/mol. The number of hydrogen-bond acceptors (Lipinski definition) is 5. The summed E-state index contributed by atoms with van der Waals surface area (Å²) in [6, 6.07) is 4.82. The Bertz CT molecular complexity index is 558. The first-order valence-corrected chi connectivity index (χ1v) is 7.33. The van der Waals surface area contributed by atoms with E-state index in [2.05, 4.69) is 5.32 Å². The van der Waals surface area contributed by atoms with Gasteiger partial charge in [-0.3, -0.25) is 9.59 Å². The Morgan fingerprint density at radius 3 is 2.22 bits per heavy atom. The van der Waals surface area contributed by atoms with Crippen LogP contribution in [0.4, 0.5) is 0 Å². The zero-order valence-corrected chi connectivity index (χ0v) is 13.3. The summed E-state index contributed by atoms with van der Waals surface area (Å²) in [5, 5.41) is 12.2. The molecule has 1 fully saturated rings. The summed E-state index contributed by atoms with van der Waals surface area (Å²) in [5.74, 6) is -0.291. The molecule has 7 nitrogen and oxygen atoms in total. The van der Waals surface area contributed by atoms with Crippen LogP contribution in [0.1, 0.15) is 23.2 Å². The Morgan fingerprint density at radius 2 is 1.74 bits per heavy atom. The molecule has 1 saturated heterocycles. The summed E-state index contributed by atoms with van der Waals surface area (Å²) in [4.78, 5) is 23.9. The number of methoxy groups -OCH3 is 2. The third kappa shape index (κ3) is 3.92. The number of nitrogens with one attached hydrogen (secondary N) is 1. The maximum atomic E-state index is 12.3. The van der Waals surface area contributed by atoms with Crippen molar-refractivity contribution in [3.8, 4) is 11.5 Å². The summed E-state index contributed by atoms with van der Waals surface area (Å²) in [6.45, 7) is 0.828. The van der Waals surface area contributed by atoms with Gasteiger partial charge >= 0.3 is 5.97 Å². The highest BCUT2D eigenvalue weighted by molar-refractivity contribution is 5.95. The lowest BCUT2D eigenvalue weighted by Crippen LogP contribution is -2.46. The van der Waals surface area contributed by atoms with E-state index in [1.807, 2.05) is 0 Å². The Kier molecular flexibility index (Phi) is 5.44. The molecular formula is C16H21NO6. The largest absolute Gasteiger partial charge is 0.497 e. The number of rotatable bonds is 6. The number of benzene rings is 1. The quantitative estimate of drug-likeness (QED) is 0.820. The molecule has 2 rings (SSSR count). The number of amides is 1. The molecule has 0 spiro atoms. The lowest BCUT2D eigenvalue weighted by molar-refractivity contribution is -0.154. The Morgan fingerprint density at radius 1 is 1.17 bits per heavy atom. The van der Waals surface area contributed by atoms with E-state index in [1.54, 1.807) is 18.2 Å². The van der Waals surface area contributed by atoms with Crippen molar-refractivity contribution >= 4 is 11.9 Å². The van der Waals surface area contributed by atoms with E-state index in [0.29, 0.717) is 43.1 Å². The number of carbonyl (C=O) groups excluding carboxylic acids is 1. The van der Waals surface area contributed by atoms with E-state index >= 15 is 0 Å². The summed E-state index contributed by atoms with van der Waals surface area (Å²) in [7, 11) is 3.00. The van der Waals surface area contributed by atoms with Gasteiger partial charge in [-0.1, -0.05) is 0 Å². The molecule has 1 aromatic carbocycles. The van der Waals surface area contributed by atoms with Crippen LogP contribution in [0.15, 0.2) is 18.2 Å². The molecule has 126 valence electrons. The van der Waals surface area contributed by atoms with Crippen molar-refractivity contribution in [2.45, 2.75) is 12.8 Å². The van der Waals surface area contributed by atoms with Crippen molar-refractivity contribution in [1.29, 1.82) is 0 Å². The first-order valence-electron chi connectivity index (χ1n) is 7.33. The van der Waals surface area contributed by atoms with Gasteiger partial charge in [0, 0.05) is 31.4 Å². The number of carboxylic acids is 1. The van der Waals surface area contributed by atoms with Gasteiger partial charge in [0.25, 0.3) is 5.91 Å². The SMILES string of the molecule is COc1cc(OC)cc(C(=O)NCC2(C(=O)O)CCOCC2)c1. The van der Waals surface area contributed by atoms with Gasteiger partial charge in [-0.25, -0.2) is 0 Å². The lowest BCUT2D eigenvalue weighted by atomic mass is 9.80. The summed E-state index contributed by atoms with van der Waals surface area (Å²) in [5.41, 5.74) is -0.620. The van der Waals surface area contributed by atoms with Gasteiger partial charge in [0.15, 0.2) is 0 Å². The van der Waals surface area contributed by atoms with Crippen molar-refractivity contribution in [1.82, 2.24) is 5.32 Å². The molecule has 7 heteroatoms. The van der Waals surface area contributed by atoms with Crippen LogP contribution in [0.3, 0.4) is 0 Å². The van der Waals surface area contributed by atoms with Gasteiger partial charge in [-0.05, 0) is 25.0 Å². The highest BCUT2D eigenvalue weighted by Crippen LogP contribution is 2.30. The highest BCUT2D eigenvalue weighted by atomic mass is 16.5. The molecule has 0 atom stereocenters. The van der Waals surface area contributed by atoms with E-state index in [1.165, 1.54) is 14.2 Å². The fourth-order valence-electron chi connectivity index (χ4n) is 2.52. The monoisotopic (exact) mass is 323 g/mol. The second kappa shape index (κ2) is 7.32. The van der Waals surface area contributed by atoms with Crippen LogP contribution >= 0.6 is 0 Å². The van der Waals surface area contributed by atoms with E-state index in [4.69, 9.17) is 14.2 Å². The molecular weight excluding hydrogens is 302 g/mol. The fourth-order valence-corrected chi connectivity index (χ4v) is 2.52. The molecule has 0 unspecified atom stereocenters. The van der Waals surface area contributed by atoms with Gasteiger partial charge in [-0.15, -0.1) is 0 Å². The molecule has 0 saturated carbocycles. The zero-order valence-electron chi connectivity index (χ0n) is 13.3. The third-order valence-corrected chi connectivity index (χ3v) is 4.10. The molecule has 1 aliphatic rings. The average Bonchev–Trinajstić information content (AvgIpc) is 2.59. The zero-order chi connectivity index (χ0) is 16.9. The first kappa shape index (κ1) is 17.1. The minimum atomic E-state index is -0.975. The number of carbonyl (C=O) groups is 2. The van der Waals surface area contributed by atoms with Gasteiger partial charge in [0.2, 0.25) is 0 Å². The Labute approximate surface area is 134 Å². The predicted molar refractivity (Wildman–Crippen MR) is 82.0 cm³/mol. The van der Waals surface area contributed by atoms with E-state index in [-0.39, 0.29) is 12.5 Å². The standard InChI is InChI=1S/C16H21NO6/c1-21-12-7-11(8-13(9-12)22-2)14(18)17-10-16(15(19)20)3-5-23-6-4-16/h7-9H,3-6,10H2,1-2H3,(H,17,18)(H,19,20). The molecule has 0 radical (unpaired) electrons. The second-order valence-corrected chi connectivity index (χ2v) is 5.48. The minimum Gasteiger partial charge on any atom is -0.497 e. The topological polar surface area (TPSA) is 94.1 Å². The van der Waals surface area contributed by atoms with E-state index in [0.717, 1.165) is 0 Å². The fraction of sp³-hybridized carbons (Fsp3) is 0.500. The molecule has 1 amide bonds. The lowest BCUT2D eigenvalue weighted by Gasteiger charge is -2.33.